The number of ether oxygens (including phenoxy) is 1. The van der Waals surface area contributed by atoms with E-state index in [-0.39, 0.29) is 5.97 Å². The summed E-state index contributed by atoms with van der Waals surface area (Å²) in [4.78, 5) is 11.1. The Morgan fingerprint density at radius 1 is 1.54 bits per heavy atom. The summed E-state index contributed by atoms with van der Waals surface area (Å²) in [5.74, 6) is -0.359. The summed E-state index contributed by atoms with van der Waals surface area (Å²) in [5.41, 5.74) is 1.98. The van der Waals surface area contributed by atoms with Gasteiger partial charge in [-0.3, -0.25) is 0 Å². The van der Waals surface area contributed by atoms with Crippen LogP contribution in [0.1, 0.15) is 21.5 Å². The number of carbonyl (C=O) groups is 1. The van der Waals surface area contributed by atoms with Crippen molar-refractivity contribution >= 4 is 5.97 Å². The number of esters is 1. The van der Waals surface area contributed by atoms with Gasteiger partial charge in [-0.25, -0.2) is 4.79 Å². The second kappa shape index (κ2) is 4.05. The van der Waals surface area contributed by atoms with Crippen molar-refractivity contribution in [3.63, 3.8) is 0 Å². The second-order valence-electron chi connectivity index (χ2n) is 2.70. The normalized spacial score (nSPS) is 9.77. The molecule has 0 bridgehead atoms. The van der Waals surface area contributed by atoms with Gasteiger partial charge in [0.05, 0.1) is 12.7 Å². The summed E-state index contributed by atoms with van der Waals surface area (Å²) in [7, 11) is 1.34. The van der Waals surface area contributed by atoms with Gasteiger partial charge < -0.3 is 9.84 Å². The first-order valence-corrected chi connectivity index (χ1v) is 3.85. The molecule has 0 aliphatic heterocycles. The summed E-state index contributed by atoms with van der Waals surface area (Å²) in [6.45, 7) is 2.79. The van der Waals surface area contributed by atoms with Gasteiger partial charge in [0.25, 0.3) is 0 Å². The van der Waals surface area contributed by atoms with E-state index in [1.54, 1.807) is 25.1 Å². The fourth-order valence-electron chi connectivity index (χ4n) is 1.11. The molecular weight excluding hydrogens is 168 g/mol. The summed E-state index contributed by atoms with van der Waals surface area (Å²) in [6, 6.07) is 4.99. The topological polar surface area (TPSA) is 46.5 Å². The average molecular weight is 179 g/mol. The monoisotopic (exact) mass is 179 g/mol. The minimum absolute atomic E-state index is 0.359. The van der Waals surface area contributed by atoms with Crippen molar-refractivity contribution in [1.29, 1.82) is 0 Å². The molecule has 1 radical (unpaired) electrons. The summed E-state index contributed by atoms with van der Waals surface area (Å²) < 4.78 is 4.58. The first kappa shape index (κ1) is 9.74. The lowest BCUT2D eigenvalue weighted by atomic mass is 10.1. The quantitative estimate of drug-likeness (QED) is 0.702. The van der Waals surface area contributed by atoms with Gasteiger partial charge in [0.15, 0.2) is 0 Å². The summed E-state index contributed by atoms with van der Waals surface area (Å²) >= 11 is 0. The van der Waals surface area contributed by atoms with Crippen LogP contribution in [0, 0.1) is 13.5 Å². The van der Waals surface area contributed by atoms with Crippen LogP contribution >= 0.6 is 0 Å². The van der Waals surface area contributed by atoms with Crippen molar-refractivity contribution in [2.75, 3.05) is 7.11 Å². The molecule has 0 aromatic heterocycles. The molecule has 69 valence electrons. The smallest absolute Gasteiger partial charge is 0.338 e. The molecule has 0 amide bonds. The van der Waals surface area contributed by atoms with E-state index in [0.29, 0.717) is 11.1 Å². The molecule has 13 heavy (non-hydrogen) atoms. The number of methoxy groups -OCH3 is 1. The van der Waals surface area contributed by atoms with Crippen LogP contribution in [0.15, 0.2) is 18.2 Å². The van der Waals surface area contributed by atoms with Crippen LogP contribution in [-0.4, -0.2) is 18.2 Å². The lowest BCUT2D eigenvalue weighted by molar-refractivity contribution is 0.0600. The Morgan fingerprint density at radius 3 is 2.69 bits per heavy atom. The summed E-state index contributed by atoms with van der Waals surface area (Å²) in [6.07, 6.45) is 0. The van der Waals surface area contributed by atoms with Crippen LogP contribution < -0.4 is 0 Å². The van der Waals surface area contributed by atoms with E-state index in [4.69, 9.17) is 5.11 Å². The van der Waals surface area contributed by atoms with E-state index in [1.165, 1.54) is 7.11 Å². The fourth-order valence-corrected chi connectivity index (χ4v) is 1.11. The first-order valence-electron chi connectivity index (χ1n) is 3.85. The molecule has 1 aromatic carbocycles. The number of hydrogen-bond acceptors (Lipinski definition) is 3. The van der Waals surface area contributed by atoms with Gasteiger partial charge in [-0.05, 0) is 24.1 Å². The highest BCUT2D eigenvalue weighted by Crippen LogP contribution is 2.12. The molecular formula is C10H11O3. The minimum Gasteiger partial charge on any atom is -0.465 e. The fraction of sp³-hybridized carbons (Fsp3) is 0.200. The Kier molecular flexibility index (Phi) is 3.03. The maximum absolute atomic E-state index is 11.1. The predicted molar refractivity (Wildman–Crippen MR) is 47.9 cm³/mol. The zero-order valence-corrected chi connectivity index (χ0v) is 7.57. The number of aryl methyl sites for hydroxylation is 1. The molecule has 3 heteroatoms. The van der Waals surface area contributed by atoms with Crippen molar-refractivity contribution in [1.82, 2.24) is 0 Å². The Labute approximate surface area is 77.0 Å². The van der Waals surface area contributed by atoms with Crippen molar-refractivity contribution in [3.8, 4) is 0 Å². The lowest BCUT2D eigenvalue weighted by Gasteiger charge is -2.04. The standard InChI is InChI=1S/C10H11O3/c1-7-5-8(6-11)3-4-9(7)10(12)13-2/h3-6,11H,1-2H3. The predicted octanol–water partition coefficient (Wildman–Crippen LogP) is 1.66. The Bertz CT molecular complexity index is 318. The SMILES string of the molecule is COC(=O)c1ccc([CH]O)cc1C. The van der Waals surface area contributed by atoms with Crippen LogP contribution in [0.3, 0.4) is 0 Å². The zero-order chi connectivity index (χ0) is 9.84. The molecule has 1 aromatic rings. The number of aliphatic hydroxyl groups is 1. The average Bonchev–Trinajstić information content (AvgIpc) is 2.16. The van der Waals surface area contributed by atoms with Gasteiger partial charge in [0.1, 0.15) is 6.61 Å². The van der Waals surface area contributed by atoms with E-state index >= 15 is 0 Å². The van der Waals surface area contributed by atoms with Gasteiger partial charge >= 0.3 is 5.97 Å². The molecule has 0 saturated carbocycles. The summed E-state index contributed by atoms with van der Waals surface area (Å²) in [5, 5.41) is 8.71. The number of benzene rings is 1. The van der Waals surface area contributed by atoms with Crippen LogP contribution in [0.25, 0.3) is 0 Å². The second-order valence-corrected chi connectivity index (χ2v) is 2.70. The van der Waals surface area contributed by atoms with Gasteiger partial charge in [0, 0.05) is 0 Å². The molecule has 3 nitrogen and oxygen atoms in total. The third-order valence-corrected chi connectivity index (χ3v) is 1.80. The van der Waals surface area contributed by atoms with Gasteiger partial charge in [-0.2, -0.15) is 0 Å². The van der Waals surface area contributed by atoms with Gasteiger partial charge in [-0.1, -0.05) is 12.1 Å². The van der Waals surface area contributed by atoms with Crippen molar-refractivity contribution in [3.05, 3.63) is 41.5 Å². The number of aliphatic hydroxyl groups excluding tert-OH is 1. The first-order chi connectivity index (χ1) is 6.19. The zero-order valence-electron chi connectivity index (χ0n) is 7.57. The highest BCUT2D eigenvalue weighted by atomic mass is 16.5. The maximum Gasteiger partial charge on any atom is 0.338 e. The molecule has 0 aliphatic carbocycles. The third-order valence-electron chi connectivity index (χ3n) is 1.80. The van der Waals surface area contributed by atoms with E-state index < -0.39 is 0 Å². The Morgan fingerprint density at radius 2 is 2.23 bits per heavy atom. The molecule has 1 rings (SSSR count). The number of hydrogen-bond donors (Lipinski definition) is 1. The highest BCUT2D eigenvalue weighted by molar-refractivity contribution is 5.91. The van der Waals surface area contributed by atoms with Crippen molar-refractivity contribution < 1.29 is 14.6 Å². The number of rotatable bonds is 2. The molecule has 0 unspecified atom stereocenters. The Balaban J connectivity index is 3.05. The number of carbonyl (C=O) groups excluding carboxylic acids is 1. The van der Waals surface area contributed by atoms with Crippen LogP contribution in [0.5, 0.6) is 0 Å². The van der Waals surface area contributed by atoms with E-state index in [0.717, 1.165) is 12.2 Å². The van der Waals surface area contributed by atoms with Crippen molar-refractivity contribution in [2.45, 2.75) is 6.92 Å². The van der Waals surface area contributed by atoms with Crippen LogP contribution in [-0.2, 0) is 4.74 Å². The van der Waals surface area contributed by atoms with E-state index in [1.807, 2.05) is 0 Å². The molecule has 0 fully saturated rings. The van der Waals surface area contributed by atoms with E-state index in [9.17, 15) is 4.79 Å². The van der Waals surface area contributed by atoms with Gasteiger partial charge in [-0.15, -0.1) is 0 Å². The van der Waals surface area contributed by atoms with Crippen molar-refractivity contribution in [2.24, 2.45) is 0 Å². The molecule has 0 spiro atoms. The Hall–Kier alpha value is -1.35. The molecule has 0 aliphatic rings. The largest absolute Gasteiger partial charge is 0.465 e. The molecule has 0 atom stereocenters. The minimum atomic E-state index is -0.359. The highest BCUT2D eigenvalue weighted by Gasteiger charge is 2.08. The van der Waals surface area contributed by atoms with E-state index in [2.05, 4.69) is 4.74 Å². The van der Waals surface area contributed by atoms with Gasteiger partial charge in [0.2, 0.25) is 0 Å². The molecule has 1 N–H and O–H groups in total. The third kappa shape index (κ3) is 2.06. The van der Waals surface area contributed by atoms with Crippen LogP contribution in [0.2, 0.25) is 0 Å². The maximum atomic E-state index is 11.1. The van der Waals surface area contributed by atoms with Crippen LogP contribution in [0.4, 0.5) is 0 Å². The molecule has 0 saturated heterocycles. The lowest BCUT2D eigenvalue weighted by Crippen LogP contribution is -2.03. The molecule has 0 heterocycles.